The van der Waals surface area contributed by atoms with Crippen molar-refractivity contribution in [2.24, 2.45) is 0 Å². The van der Waals surface area contributed by atoms with E-state index >= 15 is 0 Å². The highest BCUT2D eigenvalue weighted by Crippen LogP contribution is 2.45. The number of hydrogen-bond donors (Lipinski definition) is 0. The molecule has 4 rings (SSSR count). The van der Waals surface area contributed by atoms with Crippen LogP contribution in [-0.4, -0.2) is 14.3 Å². The average molecular weight is 436 g/mol. The van der Waals surface area contributed by atoms with Crippen molar-refractivity contribution in [3.63, 3.8) is 0 Å². The molecule has 0 aliphatic carbocycles. The van der Waals surface area contributed by atoms with E-state index in [1.54, 1.807) is 18.2 Å². The number of amides is 1. The maximum absolute atomic E-state index is 14.3. The molecule has 3 aromatic rings. The van der Waals surface area contributed by atoms with Gasteiger partial charge in [0.2, 0.25) is 5.91 Å². The Morgan fingerprint density at radius 2 is 1.71 bits per heavy atom. The van der Waals surface area contributed by atoms with Crippen molar-refractivity contribution < 1.29 is 17.6 Å². The maximum Gasteiger partial charge on any atom is 0.270 e. The van der Waals surface area contributed by atoms with E-state index in [0.29, 0.717) is 5.56 Å². The van der Waals surface area contributed by atoms with Crippen LogP contribution in [0, 0.1) is 12.7 Å². The molecule has 2 atom stereocenters. The summed E-state index contributed by atoms with van der Waals surface area (Å²) in [4.78, 5) is 13.4. The first kappa shape index (κ1) is 21.0. The molecule has 0 fully saturated rings. The molecule has 1 aliphatic heterocycles. The van der Waals surface area contributed by atoms with Gasteiger partial charge < -0.3 is 0 Å². The van der Waals surface area contributed by atoms with Gasteiger partial charge in [-0.15, -0.1) is 6.58 Å². The number of aryl methyl sites for hydroxylation is 1. The minimum absolute atomic E-state index is 0.00930. The Hall–Kier alpha value is -3.25. The smallest absolute Gasteiger partial charge is 0.270 e. The number of sulfonamides is 1. The molecule has 0 spiro atoms. The third-order valence-electron chi connectivity index (χ3n) is 5.66. The van der Waals surface area contributed by atoms with E-state index in [9.17, 15) is 17.6 Å². The standard InChI is InChI=1S/C25H22FNO3S/c1-3-21-22(18-7-5-4-6-8-18)16-25(28)27(24-14-11-19(26)15-23(21)24)31(29,30)20-12-9-17(2)10-13-20/h3-15,21-22H,1,16H2,2H3/t21-,22-/m1/s1. The van der Waals surface area contributed by atoms with E-state index in [0.717, 1.165) is 15.4 Å². The summed E-state index contributed by atoms with van der Waals surface area (Å²) in [6.45, 7) is 5.76. The highest BCUT2D eigenvalue weighted by Gasteiger charge is 2.40. The highest BCUT2D eigenvalue weighted by molar-refractivity contribution is 7.93. The van der Waals surface area contributed by atoms with Crippen molar-refractivity contribution in [2.75, 3.05) is 4.31 Å². The lowest BCUT2D eigenvalue weighted by molar-refractivity contribution is -0.117. The Morgan fingerprint density at radius 1 is 1.03 bits per heavy atom. The molecular formula is C25H22FNO3S. The van der Waals surface area contributed by atoms with E-state index in [2.05, 4.69) is 6.58 Å². The first-order valence-corrected chi connectivity index (χ1v) is 11.4. The number of hydrogen-bond acceptors (Lipinski definition) is 3. The minimum atomic E-state index is -4.19. The van der Waals surface area contributed by atoms with Crippen LogP contribution < -0.4 is 4.31 Å². The van der Waals surface area contributed by atoms with Gasteiger partial charge in [-0.2, -0.15) is 0 Å². The number of rotatable bonds is 4. The van der Waals surface area contributed by atoms with Crippen molar-refractivity contribution in [2.45, 2.75) is 30.1 Å². The van der Waals surface area contributed by atoms with Gasteiger partial charge in [0.15, 0.2) is 0 Å². The number of benzene rings is 3. The molecule has 158 valence electrons. The number of nitrogens with zero attached hydrogens (tertiary/aromatic N) is 1. The number of carbonyl (C=O) groups is 1. The van der Waals surface area contributed by atoms with Crippen molar-refractivity contribution in [1.82, 2.24) is 0 Å². The SMILES string of the molecule is C=C[C@H]1c2cc(F)ccc2N(S(=O)(=O)c2ccc(C)cc2)C(=O)C[C@@H]1c1ccccc1. The lowest BCUT2D eigenvalue weighted by atomic mass is 9.80. The Morgan fingerprint density at radius 3 is 2.35 bits per heavy atom. The molecule has 3 aromatic carbocycles. The van der Waals surface area contributed by atoms with E-state index in [4.69, 9.17) is 0 Å². The van der Waals surface area contributed by atoms with Crippen LogP contribution in [0.25, 0.3) is 0 Å². The third-order valence-corrected chi connectivity index (χ3v) is 7.41. The fraction of sp³-hybridized carbons (Fsp3) is 0.160. The minimum Gasteiger partial charge on any atom is -0.273 e. The summed E-state index contributed by atoms with van der Waals surface area (Å²) in [5.74, 6) is -1.87. The number of halogens is 1. The van der Waals surface area contributed by atoms with Gasteiger partial charge in [-0.3, -0.25) is 4.79 Å². The zero-order chi connectivity index (χ0) is 22.2. The van der Waals surface area contributed by atoms with Gasteiger partial charge in [-0.25, -0.2) is 17.1 Å². The van der Waals surface area contributed by atoms with Crippen LogP contribution in [0.5, 0.6) is 0 Å². The molecule has 0 saturated carbocycles. The number of carbonyl (C=O) groups excluding carboxylic acids is 1. The van der Waals surface area contributed by atoms with Crippen LogP contribution in [0.15, 0.2) is 90.3 Å². The monoisotopic (exact) mass is 435 g/mol. The van der Waals surface area contributed by atoms with E-state index in [-0.39, 0.29) is 22.9 Å². The highest BCUT2D eigenvalue weighted by atomic mass is 32.2. The summed E-state index contributed by atoms with van der Waals surface area (Å²) in [7, 11) is -4.19. The zero-order valence-electron chi connectivity index (χ0n) is 17.0. The Labute approximate surface area is 181 Å². The van der Waals surface area contributed by atoms with Crippen molar-refractivity contribution >= 4 is 21.6 Å². The van der Waals surface area contributed by atoms with Crippen LogP contribution >= 0.6 is 0 Å². The zero-order valence-corrected chi connectivity index (χ0v) is 17.8. The second kappa shape index (κ2) is 8.12. The molecular weight excluding hydrogens is 413 g/mol. The van der Waals surface area contributed by atoms with Crippen LogP contribution in [0.4, 0.5) is 10.1 Å². The molecule has 0 saturated heterocycles. The third kappa shape index (κ3) is 3.79. The molecule has 4 nitrogen and oxygen atoms in total. The molecule has 0 bridgehead atoms. The van der Waals surface area contributed by atoms with E-state index in [1.807, 2.05) is 37.3 Å². The largest absolute Gasteiger partial charge is 0.273 e. The topological polar surface area (TPSA) is 54.5 Å². The van der Waals surface area contributed by atoms with Gasteiger partial charge in [0.1, 0.15) is 5.82 Å². The molecule has 0 aromatic heterocycles. The summed E-state index contributed by atoms with van der Waals surface area (Å²) >= 11 is 0. The first-order valence-electron chi connectivity index (χ1n) is 9.94. The summed E-state index contributed by atoms with van der Waals surface area (Å²) in [6.07, 6.45) is 1.60. The fourth-order valence-corrected chi connectivity index (χ4v) is 5.58. The summed E-state index contributed by atoms with van der Waals surface area (Å²) in [5, 5.41) is 0. The van der Waals surface area contributed by atoms with Gasteiger partial charge in [-0.1, -0.05) is 54.1 Å². The predicted octanol–water partition coefficient (Wildman–Crippen LogP) is 5.31. The van der Waals surface area contributed by atoms with Crippen LogP contribution in [0.1, 0.15) is 34.9 Å². The molecule has 0 N–H and O–H groups in total. The molecule has 0 radical (unpaired) electrons. The maximum atomic E-state index is 14.3. The molecule has 6 heteroatoms. The fourth-order valence-electron chi connectivity index (χ4n) is 4.12. The van der Waals surface area contributed by atoms with Crippen LogP contribution in [0.2, 0.25) is 0 Å². The molecule has 1 heterocycles. The second-order valence-electron chi connectivity index (χ2n) is 7.66. The summed E-state index contributed by atoms with van der Waals surface area (Å²) in [6, 6.07) is 19.5. The van der Waals surface area contributed by atoms with Crippen molar-refractivity contribution in [3.8, 4) is 0 Å². The average Bonchev–Trinajstić information content (AvgIpc) is 2.88. The summed E-state index contributed by atoms with van der Waals surface area (Å²) < 4.78 is 42.2. The Balaban J connectivity index is 1.93. The van der Waals surface area contributed by atoms with Gasteiger partial charge in [-0.05, 0) is 48.4 Å². The lowest BCUT2D eigenvalue weighted by Crippen LogP contribution is -2.37. The number of allylic oxidation sites excluding steroid dienone is 1. The number of fused-ring (bicyclic) bond motifs is 1. The second-order valence-corrected chi connectivity index (χ2v) is 9.45. The molecule has 1 aliphatic rings. The van der Waals surface area contributed by atoms with Gasteiger partial charge in [0.25, 0.3) is 10.0 Å². The van der Waals surface area contributed by atoms with E-state index in [1.165, 1.54) is 30.3 Å². The molecule has 1 amide bonds. The van der Waals surface area contributed by atoms with Crippen molar-refractivity contribution in [3.05, 3.63) is 108 Å². The van der Waals surface area contributed by atoms with Crippen LogP contribution in [-0.2, 0) is 14.8 Å². The molecule has 0 unspecified atom stereocenters. The lowest BCUT2D eigenvalue weighted by Gasteiger charge is -2.24. The van der Waals surface area contributed by atoms with Gasteiger partial charge in [0, 0.05) is 18.3 Å². The normalized spacial score (nSPS) is 18.9. The molecule has 31 heavy (non-hydrogen) atoms. The van der Waals surface area contributed by atoms with Gasteiger partial charge >= 0.3 is 0 Å². The van der Waals surface area contributed by atoms with Crippen LogP contribution in [0.3, 0.4) is 0 Å². The number of anilines is 1. The van der Waals surface area contributed by atoms with Crippen molar-refractivity contribution in [1.29, 1.82) is 0 Å². The van der Waals surface area contributed by atoms with Gasteiger partial charge in [0.05, 0.1) is 10.6 Å². The quantitative estimate of drug-likeness (QED) is 0.522. The Bertz CT molecular complexity index is 1240. The Kier molecular flexibility index (Phi) is 5.50. The predicted molar refractivity (Wildman–Crippen MR) is 119 cm³/mol. The summed E-state index contributed by atoms with van der Waals surface area (Å²) in [5.41, 5.74) is 2.35. The van der Waals surface area contributed by atoms with E-state index < -0.39 is 27.7 Å². The first-order chi connectivity index (χ1) is 14.8.